The summed E-state index contributed by atoms with van der Waals surface area (Å²) in [5.74, 6) is 0.300. The molecule has 0 amide bonds. The van der Waals surface area contributed by atoms with E-state index in [-0.39, 0.29) is 6.04 Å². The van der Waals surface area contributed by atoms with Gasteiger partial charge in [-0.3, -0.25) is 0 Å². The minimum atomic E-state index is -4.34. The van der Waals surface area contributed by atoms with Gasteiger partial charge >= 0.3 is 6.18 Å². The number of anilines is 1. The smallest absolute Gasteiger partial charge is 0.369 e. The largest absolute Gasteiger partial charge is 0.416 e. The van der Waals surface area contributed by atoms with E-state index >= 15 is 0 Å². The van der Waals surface area contributed by atoms with Gasteiger partial charge < -0.3 is 10.3 Å². The van der Waals surface area contributed by atoms with E-state index in [9.17, 15) is 13.2 Å². The molecule has 1 heterocycles. The molecule has 6 heteroatoms. The van der Waals surface area contributed by atoms with Crippen LogP contribution in [0, 0.1) is 0 Å². The van der Waals surface area contributed by atoms with Gasteiger partial charge in [0.05, 0.1) is 16.6 Å². The van der Waals surface area contributed by atoms with Crippen molar-refractivity contribution in [3.05, 3.63) is 23.8 Å². The van der Waals surface area contributed by atoms with Crippen LogP contribution in [0.1, 0.15) is 30.9 Å². The third-order valence-electron chi connectivity index (χ3n) is 3.48. The minimum absolute atomic E-state index is 0.193. The lowest BCUT2D eigenvalue weighted by Crippen LogP contribution is -2.18. The van der Waals surface area contributed by atoms with Gasteiger partial charge in [0.25, 0.3) is 0 Å². The highest BCUT2D eigenvalue weighted by molar-refractivity contribution is 5.79. The van der Waals surface area contributed by atoms with Crippen molar-refractivity contribution in [3.63, 3.8) is 0 Å². The third-order valence-corrected chi connectivity index (χ3v) is 3.48. The Morgan fingerprint density at radius 1 is 1.28 bits per heavy atom. The van der Waals surface area contributed by atoms with E-state index in [1.807, 2.05) is 0 Å². The number of alkyl halides is 3. The molecule has 1 aliphatic carbocycles. The normalized spacial score (nSPS) is 17.1. The first-order valence-corrected chi connectivity index (χ1v) is 5.81. The van der Waals surface area contributed by atoms with Crippen LogP contribution >= 0.6 is 0 Å². The van der Waals surface area contributed by atoms with Crippen LogP contribution in [0.2, 0.25) is 0 Å². The predicted octanol–water partition coefficient (Wildman–Crippen LogP) is 3.36. The first kappa shape index (κ1) is 11.4. The van der Waals surface area contributed by atoms with Crippen LogP contribution in [0.25, 0.3) is 11.0 Å². The first-order chi connectivity index (χ1) is 8.47. The number of imidazole rings is 1. The SMILES string of the molecule is Nc1nc2ccc(C(F)(F)F)cc2n1C1CCC1. The first-order valence-electron chi connectivity index (χ1n) is 5.81. The van der Waals surface area contributed by atoms with Gasteiger partial charge in [-0.1, -0.05) is 0 Å². The van der Waals surface area contributed by atoms with E-state index in [2.05, 4.69) is 4.98 Å². The van der Waals surface area contributed by atoms with Gasteiger partial charge in [-0.25, -0.2) is 4.98 Å². The summed E-state index contributed by atoms with van der Waals surface area (Å²) in [6.07, 6.45) is -1.35. The number of benzene rings is 1. The van der Waals surface area contributed by atoms with Crippen molar-refractivity contribution < 1.29 is 13.2 Å². The number of nitrogens with zero attached hydrogens (tertiary/aromatic N) is 2. The molecule has 3 nitrogen and oxygen atoms in total. The van der Waals surface area contributed by atoms with Gasteiger partial charge in [0, 0.05) is 6.04 Å². The molecule has 0 saturated heterocycles. The molecule has 18 heavy (non-hydrogen) atoms. The molecule has 1 aromatic heterocycles. The van der Waals surface area contributed by atoms with E-state index in [0.717, 1.165) is 31.4 Å². The number of hydrogen-bond acceptors (Lipinski definition) is 2. The van der Waals surface area contributed by atoms with Crippen molar-refractivity contribution in [1.82, 2.24) is 9.55 Å². The van der Waals surface area contributed by atoms with Crippen molar-refractivity contribution in [2.45, 2.75) is 31.5 Å². The zero-order chi connectivity index (χ0) is 12.9. The number of fused-ring (bicyclic) bond motifs is 1. The maximum atomic E-state index is 12.7. The third kappa shape index (κ3) is 1.63. The highest BCUT2D eigenvalue weighted by Crippen LogP contribution is 2.38. The van der Waals surface area contributed by atoms with Gasteiger partial charge in [-0.05, 0) is 37.5 Å². The lowest BCUT2D eigenvalue weighted by Gasteiger charge is -2.28. The van der Waals surface area contributed by atoms with Crippen LogP contribution in [-0.2, 0) is 6.18 Å². The minimum Gasteiger partial charge on any atom is -0.369 e. The van der Waals surface area contributed by atoms with Gasteiger partial charge in [0.15, 0.2) is 0 Å². The number of aromatic nitrogens is 2. The molecular weight excluding hydrogens is 243 g/mol. The van der Waals surface area contributed by atoms with Gasteiger partial charge in [0.2, 0.25) is 5.95 Å². The number of rotatable bonds is 1. The summed E-state index contributed by atoms with van der Waals surface area (Å²) in [5, 5.41) is 0. The number of nitrogen functional groups attached to an aromatic ring is 1. The molecule has 1 aromatic carbocycles. The van der Waals surface area contributed by atoms with E-state index in [4.69, 9.17) is 5.73 Å². The Labute approximate surface area is 101 Å². The lowest BCUT2D eigenvalue weighted by atomic mass is 9.92. The van der Waals surface area contributed by atoms with Crippen molar-refractivity contribution >= 4 is 17.0 Å². The quantitative estimate of drug-likeness (QED) is 0.849. The van der Waals surface area contributed by atoms with Crippen LogP contribution in [0.5, 0.6) is 0 Å². The maximum absolute atomic E-state index is 12.7. The van der Waals surface area contributed by atoms with Crippen LogP contribution in [0.15, 0.2) is 18.2 Å². The Hall–Kier alpha value is -1.72. The van der Waals surface area contributed by atoms with E-state index in [1.54, 1.807) is 4.57 Å². The Kier molecular flexibility index (Phi) is 2.30. The number of hydrogen-bond donors (Lipinski definition) is 1. The Morgan fingerprint density at radius 3 is 2.56 bits per heavy atom. The van der Waals surface area contributed by atoms with Crippen LogP contribution in [0.4, 0.5) is 19.1 Å². The standard InChI is InChI=1S/C12H12F3N3/c13-12(14,15)7-4-5-9-10(6-7)18(11(16)17-9)8-2-1-3-8/h4-6,8H,1-3H2,(H2,16,17). The molecule has 2 N–H and O–H groups in total. The Balaban J connectivity index is 2.18. The lowest BCUT2D eigenvalue weighted by molar-refractivity contribution is -0.137. The van der Waals surface area contributed by atoms with E-state index in [0.29, 0.717) is 17.0 Å². The zero-order valence-corrected chi connectivity index (χ0v) is 9.54. The second-order valence-corrected chi connectivity index (χ2v) is 4.63. The molecule has 0 bridgehead atoms. The molecular formula is C12H12F3N3. The molecule has 2 aromatic rings. The Bertz CT molecular complexity index is 596. The molecule has 0 atom stereocenters. The number of halogens is 3. The zero-order valence-electron chi connectivity index (χ0n) is 9.54. The number of nitrogens with two attached hydrogens (primary N) is 1. The van der Waals surface area contributed by atoms with Crippen molar-refractivity contribution in [3.8, 4) is 0 Å². The molecule has 0 radical (unpaired) electrons. The highest BCUT2D eigenvalue weighted by atomic mass is 19.4. The summed E-state index contributed by atoms with van der Waals surface area (Å²) in [6, 6.07) is 3.75. The molecule has 0 unspecified atom stereocenters. The van der Waals surface area contributed by atoms with Crippen LogP contribution in [-0.4, -0.2) is 9.55 Å². The average molecular weight is 255 g/mol. The second kappa shape index (κ2) is 3.63. The summed E-state index contributed by atoms with van der Waals surface area (Å²) in [4.78, 5) is 4.11. The van der Waals surface area contributed by atoms with Gasteiger partial charge in [-0.15, -0.1) is 0 Å². The summed E-state index contributed by atoms with van der Waals surface area (Å²) >= 11 is 0. The van der Waals surface area contributed by atoms with Crippen LogP contribution in [0.3, 0.4) is 0 Å². The molecule has 1 aliphatic rings. The van der Waals surface area contributed by atoms with E-state index in [1.165, 1.54) is 6.07 Å². The summed E-state index contributed by atoms with van der Waals surface area (Å²) < 4.78 is 39.8. The second-order valence-electron chi connectivity index (χ2n) is 4.63. The monoisotopic (exact) mass is 255 g/mol. The molecule has 0 spiro atoms. The van der Waals surface area contributed by atoms with Crippen molar-refractivity contribution in [2.24, 2.45) is 0 Å². The highest BCUT2D eigenvalue weighted by Gasteiger charge is 2.32. The molecule has 1 saturated carbocycles. The summed E-state index contributed by atoms with van der Waals surface area (Å²) in [7, 11) is 0. The fourth-order valence-electron chi connectivity index (χ4n) is 2.32. The van der Waals surface area contributed by atoms with Crippen LogP contribution < -0.4 is 5.73 Å². The summed E-state index contributed by atoms with van der Waals surface area (Å²) in [6.45, 7) is 0. The molecule has 3 rings (SSSR count). The predicted molar refractivity (Wildman–Crippen MR) is 62.0 cm³/mol. The van der Waals surface area contributed by atoms with Gasteiger partial charge in [0.1, 0.15) is 0 Å². The van der Waals surface area contributed by atoms with Crippen molar-refractivity contribution in [1.29, 1.82) is 0 Å². The fraction of sp³-hybridized carbons (Fsp3) is 0.417. The average Bonchev–Trinajstić information content (AvgIpc) is 2.51. The maximum Gasteiger partial charge on any atom is 0.416 e. The fourth-order valence-corrected chi connectivity index (χ4v) is 2.32. The summed E-state index contributed by atoms with van der Waals surface area (Å²) in [5.41, 5.74) is 6.14. The van der Waals surface area contributed by atoms with Gasteiger partial charge in [-0.2, -0.15) is 13.2 Å². The molecule has 1 fully saturated rings. The van der Waals surface area contributed by atoms with Crippen molar-refractivity contribution in [2.75, 3.05) is 5.73 Å². The molecule has 0 aliphatic heterocycles. The Morgan fingerprint density at radius 2 is 2.00 bits per heavy atom. The van der Waals surface area contributed by atoms with E-state index < -0.39 is 11.7 Å². The molecule has 96 valence electrons. The topological polar surface area (TPSA) is 43.8 Å².